The highest BCUT2D eigenvalue weighted by atomic mass is 32.2. The first-order chi connectivity index (χ1) is 15.5. The number of rotatable bonds is 11. The lowest BCUT2D eigenvalue weighted by Crippen LogP contribution is -2.25. The van der Waals surface area contributed by atoms with Crippen LogP contribution in [0.3, 0.4) is 0 Å². The average Bonchev–Trinajstić information content (AvgIpc) is 2.80. The molecular weight excluding hydrogens is 444 g/mol. The summed E-state index contributed by atoms with van der Waals surface area (Å²) in [6.07, 6.45) is 0. The van der Waals surface area contributed by atoms with Crippen LogP contribution in [0.2, 0.25) is 0 Å². The number of amides is 1. The number of hydrogen-bond acceptors (Lipinski definition) is 5. The Labute approximate surface area is 193 Å². The van der Waals surface area contributed by atoms with Crippen LogP contribution in [0, 0.1) is 0 Å². The topological polar surface area (TPSA) is 84.5 Å². The first-order valence-corrected chi connectivity index (χ1v) is 12.9. The van der Waals surface area contributed by atoms with E-state index in [1.807, 2.05) is 25.1 Å². The lowest BCUT2D eigenvalue weighted by atomic mass is 10.2. The maximum absolute atomic E-state index is 12.6. The van der Waals surface area contributed by atoms with E-state index in [0.717, 1.165) is 11.5 Å². The van der Waals surface area contributed by atoms with Crippen LogP contribution in [0.25, 0.3) is 0 Å². The van der Waals surface area contributed by atoms with Crippen molar-refractivity contribution in [2.75, 3.05) is 23.6 Å². The Morgan fingerprint density at radius 1 is 0.938 bits per heavy atom. The molecule has 0 spiro atoms. The summed E-state index contributed by atoms with van der Waals surface area (Å²) in [5, 5.41) is 2.88. The Morgan fingerprint density at radius 3 is 2.28 bits per heavy atom. The van der Waals surface area contributed by atoms with Gasteiger partial charge in [-0.15, -0.1) is 0 Å². The van der Waals surface area contributed by atoms with Gasteiger partial charge in [-0.2, -0.15) is 11.8 Å². The number of carbonyl (C=O) groups excluding carboxylic acids is 1. The fraction of sp³-hybridized carbons (Fsp3) is 0.208. The van der Waals surface area contributed by atoms with E-state index in [1.165, 1.54) is 17.7 Å². The molecule has 0 unspecified atom stereocenters. The molecule has 2 N–H and O–H groups in total. The number of anilines is 1. The van der Waals surface area contributed by atoms with Gasteiger partial charge >= 0.3 is 0 Å². The van der Waals surface area contributed by atoms with Crippen LogP contribution in [0.5, 0.6) is 5.75 Å². The van der Waals surface area contributed by atoms with Crippen LogP contribution < -0.4 is 14.8 Å². The molecule has 0 atom stereocenters. The molecule has 0 heterocycles. The largest absolute Gasteiger partial charge is 0.494 e. The third-order valence-corrected chi connectivity index (χ3v) is 6.92. The lowest BCUT2D eigenvalue weighted by Gasteiger charge is -2.10. The van der Waals surface area contributed by atoms with E-state index < -0.39 is 10.0 Å². The van der Waals surface area contributed by atoms with Crippen molar-refractivity contribution in [2.45, 2.75) is 17.6 Å². The second-order valence-corrected chi connectivity index (χ2v) is 9.67. The highest BCUT2D eigenvalue weighted by Crippen LogP contribution is 2.20. The summed E-state index contributed by atoms with van der Waals surface area (Å²) >= 11 is 1.75. The summed E-state index contributed by atoms with van der Waals surface area (Å²) < 4.78 is 33.0. The molecule has 0 saturated heterocycles. The molecule has 3 aromatic rings. The van der Waals surface area contributed by atoms with Crippen molar-refractivity contribution in [3.05, 3.63) is 90.0 Å². The van der Waals surface area contributed by atoms with Crippen molar-refractivity contribution in [1.82, 2.24) is 5.32 Å². The van der Waals surface area contributed by atoms with E-state index in [1.54, 1.807) is 48.2 Å². The Balaban J connectivity index is 1.47. The van der Waals surface area contributed by atoms with Crippen LogP contribution in [0.4, 0.5) is 5.69 Å². The molecular formula is C24H26N2O4S2. The lowest BCUT2D eigenvalue weighted by molar-refractivity contribution is 0.0956. The monoisotopic (exact) mass is 470 g/mol. The van der Waals surface area contributed by atoms with Crippen LogP contribution in [0.1, 0.15) is 22.8 Å². The van der Waals surface area contributed by atoms with E-state index in [0.29, 0.717) is 30.2 Å². The van der Waals surface area contributed by atoms with Crippen LogP contribution in [-0.2, 0) is 15.8 Å². The zero-order valence-electron chi connectivity index (χ0n) is 17.8. The van der Waals surface area contributed by atoms with E-state index >= 15 is 0 Å². The molecule has 3 aromatic carbocycles. The number of thioether (sulfide) groups is 1. The molecule has 8 heteroatoms. The van der Waals surface area contributed by atoms with Gasteiger partial charge in [-0.05, 0) is 61.0 Å². The highest BCUT2D eigenvalue weighted by Gasteiger charge is 2.14. The van der Waals surface area contributed by atoms with Crippen molar-refractivity contribution >= 4 is 33.4 Å². The maximum atomic E-state index is 12.6. The first kappa shape index (κ1) is 23.7. The minimum Gasteiger partial charge on any atom is -0.494 e. The number of carbonyl (C=O) groups is 1. The van der Waals surface area contributed by atoms with Gasteiger partial charge in [0.15, 0.2) is 0 Å². The smallest absolute Gasteiger partial charge is 0.261 e. The van der Waals surface area contributed by atoms with Gasteiger partial charge in [0.05, 0.1) is 11.5 Å². The van der Waals surface area contributed by atoms with Crippen molar-refractivity contribution < 1.29 is 17.9 Å². The summed E-state index contributed by atoms with van der Waals surface area (Å²) in [6.45, 7) is 2.93. The van der Waals surface area contributed by atoms with Gasteiger partial charge in [0.25, 0.3) is 15.9 Å². The molecule has 168 valence electrons. The van der Waals surface area contributed by atoms with Crippen LogP contribution in [-0.4, -0.2) is 33.2 Å². The normalized spacial score (nSPS) is 11.0. The molecule has 0 aromatic heterocycles. The van der Waals surface area contributed by atoms with Crippen molar-refractivity contribution in [3.8, 4) is 5.75 Å². The molecule has 0 aliphatic carbocycles. The minimum absolute atomic E-state index is 0.135. The van der Waals surface area contributed by atoms with Crippen LogP contribution in [0.15, 0.2) is 83.8 Å². The van der Waals surface area contributed by atoms with Crippen LogP contribution >= 0.6 is 11.8 Å². The Bertz CT molecular complexity index is 1100. The summed E-state index contributed by atoms with van der Waals surface area (Å²) in [4.78, 5) is 12.4. The summed E-state index contributed by atoms with van der Waals surface area (Å²) in [6, 6.07) is 22.7. The molecule has 0 saturated carbocycles. The van der Waals surface area contributed by atoms with E-state index in [2.05, 4.69) is 22.2 Å². The third kappa shape index (κ3) is 7.03. The molecule has 0 bridgehead atoms. The van der Waals surface area contributed by atoms with Gasteiger partial charge < -0.3 is 10.1 Å². The number of nitrogens with one attached hydrogen (secondary N) is 2. The van der Waals surface area contributed by atoms with Crippen molar-refractivity contribution in [1.29, 1.82) is 0 Å². The SMILES string of the molecule is CCOc1ccc(S(=O)(=O)Nc2ccc(C(=O)NCCSCc3ccccc3)cc2)cc1. The van der Waals surface area contributed by atoms with Gasteiger partial charge in [0.2, 0.25) is 0 Å². The van der Waals surface area contributed by atoms with Gasteiger partial charge in [-0.3, -0.25) is 9.52 Å². The summed E-state index contributed by atoms with van der Waals surface area (Å²) in [5.74, 6) is 2.13. The Kier molecular flexibility index (Phi) is 8.58. The first-order valence-electron chi connectivity index (χ1n) is 10.2. The number of ether oxygens (including phenoxy) is 1. The number of hydrogen-bond donors (Lipinski definition) is 2. The van der Waals surface area contributed by atoms with E-state index in [9.17, 15) is 13.2 Å². The van der Waals surface area contributed by atoms with Gasteiger partial charge in [-0.25, -0.2) is 8.42 Å². The second kappa shape index (κ2) is 11.6. The molecule has 6 nitrogen and oxygen atoms in total. The standard InChI is InChI=1S/C24H26N2O4S2/c1-2-30-22-12-14-23(15-13-22)32(28,29)26-21-10-8-20(9-11-21)24(27)25-16-17-31-18-19-6-4-3-5-7-19/h3-15,26H,2,16-18H2,1H3,(H,25,27). The fourth-order valence-corrected chi connectivity index (χ4v) is 4.77. The minimum atomic E-state index is -3.73. The van der Waals surface area contributed by atoms with Crippen molar-refractivity contribution in [2.24, 2.45) is 0 Å². The van der Waals surface area contributed by atoms with E-state index in [-0.39, 0.29) is 10.8 Å². The summed E-state index contributed by atoms with van der Waals surface area (Å²) in [5.41, 5.74) is 2.11. The molecule has 0 radical (unpaired) electrons. The third-order valence-electron chi connectivity index (χ3n) is 4.49. The number of benzene rings is 3. The molecule has 0 aliphatic heterocycles. The predicted molar refractivity (Wildman–Crippen MR) is 130 cm³/mol. The molecule has 32 heavy (non-hydrogen) atoms. The molecule has 0 fully saturated rings. The Morgan fingerprint density at radius 2 is 1.62 bits per heavy atom. The fourth-order valence-electron chi connectivity index (χ4n) is 2.89. The Hall–Kier alpha value is -2.97. The highest BCUT2D eigenvalue weighted by molar-refractivity contribution is 7.98. The molecule has 3 rings (SSSR count). The van der Waals surface area contributed by atoms with Crippen molar-refractivity contribution in [3.63, 3.8) is 0 Å². The second-order valence-electron chi connectivity index (χ2n) is 6.88. The zero-order valence-corrected chi connectivity index (χ0v) is 19.4. The molecule has 1 amide bonds. The summed E-state index contributed by atoms with van der Waals surface area (Å²) in [7, 11) is -3.73. The number of sulfonamides is 1. The molecule has 0 aliphatic rings. The van der Waals surface area contributed by atoms with E-state index in [4.69, 9.17) is 4.74 Å². The quantitative estimate of drug-likeness (QED) is 0.402. The predicted octanol–water partition coefficient (Wildman–Crippen LogP) is 4.55. The zero-order chi connectivity index (χ0) is 22.8. The maximum Gasteiger partial charge on any atom is 0.261 e. The van der Waals surface area contributed by atoms with Gasteiger partial charge in [-0.1, -0.05) is 30.3 Å². The van der Waals surface area contributed by atoms with Gasteiger partial charge in [0, 0.05) is 29.3 Å². The van der Waals surface area contributed by atoms with Gasteiger partial charge in [0.1, 0.15) is 5.75 Å². The average molecular weight is 471 g/mol.